The van der Waals surface area contributed by atoms with Gasteiger partial charge in [-0.15, -0.1) is 0 Å². The average molecular weight is 352 g/mol. The Morgan fingerprint density at radius 2 is 1.95 bits per heavy atom. The minimum absolute atomic E-state index is 0.00388. The van der Waals surface area contributed by atoms with E-state index in [1.807, 2.05) is 43.3 Å². The van der Waals surface area contributed by atoms with Crippen LogP contribution in [0.2, 0.25) is 0 Å². The van der Waals surface area contributed by atoms with Crippen LogP contribution in [0.4, 0.5) is 0 Å². The molecule has 5 heteroatoms. The third-order valence-electron chi connectivity index (χ3n) is 2.97. The highest BCUT2D eigenvalue weighted by molar-refractivity contribution is 9.10. The zero-order chi connectivity index (χ0) is 15.2. The molecule has 112 valence electrons. The van der Waals surface area contributed by atoms with E-state index in [4.69, 9.17) is 9.47 Å². The lowest BCUT2D eigenvalue weighted by molar-refractivity contribution is -0.124. The van der Waals surface area contributed by atoms with Crippen molar-refractivity contribution >= 4 is 32.6 Å². The highest BCUT2D eigenvalue weighted by atomic mass is 79.9. The Morgan fingerprint density at radius 3 is 2.71 bits per heavy atom. The number of nitrogens with one attached hydrogen (secondary N) is 1. The van der Waals surface area contributed by atoms with Gasteiger partial charge in [-0.1, -0.05) is 28.1 Å². The SMILES string of the molecule is COC[C@H](C)NC(=O)COc1ccc2cc(Br)ccc2c1. The van der Waals surface area contributed by atoms with E-state index in [-0.39, 0.29) is 18.6 Å². The molecule has 1 atom stereocenters. The van der Waals surface area contributed by atoms with Crippen LogP contribution < -0.4 is 10.1 Å². The summed E-state index contributed by atoms with van der Waals surface area (Å²) >= 11 is 3.44. The second-order valence-corrected chi connectivity index (χ2v) is 5.78. The summed E-state index contributed by atoms with van der Waals surface area (Å²) in [5.74, 6) is 0.523. The molecule has 4 nitrogen and oxygen atoms in total. The van der Waals surface area contributed by atoms with Crippen molar-refractivity contribution in [1.29, 1.82) is 0 Å². The number of hydrogen-bond acceptors (Lipinski definition) is 3. The van der Waals surface area contributed by atoms with Crippen molar-refractivity contribution < 1.29 is 14.3 Å². The summed E-state index contributed by atoms with van der Waals surface area (Å²) < 4.78 is 11.5. The maximum atomic E-state index is 11.7. The summed E-state index contributed by atoms with van der Waals surface area (Å²) in [7, 11) is 1.60. The van der Waals surface area contributed by atoms with Crippen LogP contribution in [-0.2, 0) is 9.53 Å². The fourth-order valence-electron chi connectivity index (χ4n) is 2.04. The molecule has 2 rings (SSSR count). The molecule has 0 saturated heterocycles. The maximum absolute atomic E-state index is 11.7. The van der Waals surface area contributed by atoms with Crippen LogP contribution in [-0.4, -0.2) is 32.3 Å². The number of hydrogen-bond donors (Lipinski definition) is 1. The minimum Gasteiger partial charge on any atom is -0.484 e. The second-order valence-electron chi connectivity index (χ2n) is 4.87. The second kappa shape index (κ2) is 7.43. The summed E-state index contributed by atoms with van der Waals surface area (Å²) in [6, 6.07) is 11.8. The lowest BCUT2D eigenvalue weighted by Crippen LogP contribution is -2.38. The van der Waals surface area contributed by atoms with Gasteiger partial charge in [0, 0.05) is 17.6 Å². The summed E-state index contributed by atoms with van der Waals surface area (Å²) in [5, 5.41) is 4.99. The van der Waals surface area contributed by atoms with Crippen LogP contribution in [0.15, 0.2) is 40.9 Å². The van der Waals surface area contributed by atoms with Crippen molar-refractivity contribution in [3.8, 4) is 5.75 Å². The van der Waals surface area contributed by atoms with Gasteiger partial charge >= 0.3 is 0 Å². The first kappa shape index (κ1) is 15.8. The molecule has 0 bridgehead atoms. The van der Waals surface area contributed by atoms with Crippen LogP contribution in [0.5, 0.6) is 5.75 Å². The molecule has 0 saturated carbocycles. The molecule has 0 aromatic heterocycles. The Labute approximate surface area is 132 Å². The van der Waals surface area contributed by atoms with Gasteiger partial charge in [0.05, 0.1) is 6.61 Å². The van der Waals surface area contributed by atoms with Gasteiger partial charge < -0.3 is 14.8 Å². The summed E-state index contributed by atoms with van der Waals surface area (Å²) in [4.78, 5) is 11.7. The number of benzene rings is 2. The Kier molecular flexibility index (Phi) is 5.59. The minimum atomic E-state index is -0.157. The van der Waals surface area contributed by atoms with Crippen LogP contribution in [0.25, 0.3) is 10.8 Å². The number of fused-ring (bicyclic) bond motifs is 1. The fraction of sp³-hybridized carbons (Fsp3) is 0.312. The van der Waals surface area contributed by atoms with E-state index in [1.54, 1.807) is 7.11 Å². The molecule has 2 aromatic carbocycles. The van der Waals surface area contributed by atoms with Gasteiger partial charge in [0.25, 0.3) is 5.91 Å². The van der Waals surface area contributed by atoms with Gasteiger partial charge in [-0.2, -0.15) is 0 Å². The number of carbonyl (C=O) groups excluding carboxylic acids is 1. The van der Waals surface area contributed by atoms with E-state index in [2.05, 4.69) is 21.2 Å². The Morgan fingerprint density at radius 1 is 1.24 bits per heavy atom. The summed E-state index contributed by atoms with van der Waals surface area (Å²) in [6.45, 7) is 2.36. The lowest BCUT2D eigenvalue weighted by atomic mass is 10.1. The van der Waals surface area contributed by atoms with E-state index in [9.17, 15) is 4.79 Å². The topological polar surface area (TPSA) is 47.6 Å². The standard InChI is InChI=1S/C16H18BrNO3/c1-11(9-20-2)18-16(19)10-21-15-6-4-12-7-14(17)5-3-13(12)8-15/h3-8,11H,9-10H2,1-2H3,(H,18,19)/t11-/m0/s1. The molecule has 0 fully saturated rings. The van der Waals surface area contributed by atoms with Gasteiger partial charge in [0.1, 0.15) is 5.75 Å². The molecule has 0 spiro atoms. The maximum Gasteiger partial charge on any atom is 0.258 e. The van der Waals surface area contributed by atoms with E-state index in [0.29, 0.717) is 12.4 Å². The number of ether oxygens (including phenoxy) is 2. The molecule has 0 radical (unpaired) electrons. The summed E-state index contributed by atoms with van der Waals surface area (Å²) in [6.07, 6.45) is 0. The van der Waals surface area contributed by atoms with Crippen LogP contribution in [0.1, 0.15) is 6.92 Å². The van der Waals surface area contributed by atoms with Crippen molar-refractivity contribution in [3.63, 3.8) is 0 Å². The molecule has 0 aliphatic carbocycles. The third-order valence-corrected chi connectivity index (χ3v) is 3.46. The first-order valence-corrected chi connectivity index (χ1v) is 7.48. The third kappa shape index (κ3) is 4.72. The predicted molar refractivity (Wildman–Crippen MR) is 86.6 cm³/mol. The zero-order valence-electron chi connectivity index (χ0n) is 12.1. The van der Waals surface area contributed by atoms with Gasteiger partial charge in [0.2, 0.25) is 0 Å². The Bertz CT molecular complexity index is 630. The molecule has 21 heavy (non-hydrogen) atoms. The monoisotopic (exact) mass is 351 g/mol. The molecule has 0 unspecified atom stereocenters. The smallest absolute Gasteiger partial charge is 0.258 e. The molecular formula is C16H18BrNO3. The van der Waals surface area contributed by atoms with Crippen molar-refractivity contribution in [1.82, 2.24) is 5.32 Å². The van der Waals surface area contributed by atoms with Crippen molar-refractivity contribution in [2.24, 2.45) is 0 Å². The summed E-state index contributed by atoms with van der Waals surface area (Å²) in [5.41, 5.74) is 0. The van der Waals surface area contributed by atoms with E-state index in [0.717, 1.165) is 15.2 Å². The normalized spacial score (nSPS) is 12.1. The zero-order valence-corrected chi connectivity index (χ0v) is 13.6. The van der Waals surface area contributed by atoms with E-state index in [1.165, 1.54) is 0 Å². The number of rotatable bonds is 6. The highest BCUT2D eigenvalue weighted by Gasteiger charge is 2.08. The van der Waals surface area contributed by atoms with Gasteiger partial charge in [-0.05, 0) is 42.0 Å². The predicted octanol–water partition coefficient (Wildman–Crippen LogP) is 3.13. The lowest BCUT2D eigenvalue weighted by Gasteiger charge is -2.13. The fourth-order valence-corrected chi connectivity index (χ4v) is 2.42. The number of carbonyl (C=O) groups is 1. The van der Waals surface area contributed by atoms with Crippen molar-refractivity contribution in [3.05, 3.63) is 40.9 Å². The molecule has 0 heterocycles. The van der Waals surface area contributed by atoms with Gasteiger partial charge in [-0.3, -0.25) is 4.79 Å². The average Bonchev–Trinajstić information content (AvgIpc) is 2.45. The molecule has 0 aliphatic rings. The van der Waals surface area contributed by atoms with Crippen LogP contribution >= 0.6 is 15.9 Å². The molecule has 1 N–H and O–H groups in total. The van der Waals surface area contributed by atoms with E-state index < -0.39 is 0 Å². The number of amides is 1. The quantitative estimate of drug-likeness (QED) is 0.869. The molecule has 0 aliphatic heterocycles. The van der Waals surface area contributed by atoms with Gasteiger partial charge in [-0.25, -0.2) is 0 Å². The highest BCUT2D eigenvalue weighted by Crippen LogP contribution is 2.24. The largest absolute Gasteiger partial charge is 0.484 e. The van der Waals surface area contributed by atoms with Crippen LogP contribution in [0.3, 0.4) is 0 Å². The van der Waals surface area contributed by atoms with Crippen molar-refractivity contribution in [2.75, 3.05) is 20.3 Å². The van der Waals surface area contributed by atoms with Gasteiger partial charge in [0.15, 0.2) is 6.61 Å². The molecular weight excluding hydrogens is 334 g/mol. The first-order valence-electron chi connectivity index (χ1n) is 6.69. The molecule has 2 aromatic rings. The number of halogens is 1. The Hall–Kier alpha value is -1.59. The number of methoxy groups -OCH3 is 1. The Balaban J connectivity index is 1.94. The van der Waals surface area contributed by atoms with E-state index >= 15 is 0 Å². The first-order chi connectivity index (χ1) is 10.1. The van der Waals surface area contributed by atoms with Crippen molar-refractivity contribution in [2.45, 2.75) is 13.0 Å². The molecule has 1 amide bonds. The van der Waals surface area contributed by atoms with Crippen LogP contribution in [0, 0.1) is 0 Å².